The fraction of sp³-hybridized carbons (Fsp3) is 0. The lowest BCUT2D eigenvalue weighted by molar-refractivity contribution is 1.06. The van der Waals surface area contributed by atoms with Gasteiger partial charge in [-0.2, -0.15) is 0 Å². The summed E-state index contributed by atoms with van der Waals surface area (Å²) >= 11 is 3.65. The molecule has 0 N–H and O–H groups in total. The van der Waals surface area contributed by atoms with Gasteiger partial charge in [0, 0.05) is 78.6 Å². The number of thiophene rings is 2. The summed E-state index contributed by atoms with van der Waals surface area (Å²) in [5.41, 5.74) is 9.45. The molecule has 0 unspecified atom stereocenters. The lowest BCUT2D eigenvalue weighted by atomic mass is 10.0. The molecule has 0 fully saturated rings. The molecule has 7 heteroatoms. The van der Waals surface area contributed by atoms with Crippen LogP contribution in [0.2, 0.25) is 0 Å². The minimum Gasteiger partial charge on any atom is -0.308 e. The average molecular weight is 852 g/mol. The molecule has 0 saturated heterocycles. The van der Waals surface area contributed by atoms with Gasteiger partial charge in [0.05, 0.1) is 33.4 Å². The molecule has 0 aliphatic rings. The summed E-state index contributed by atoms with van der Waals surface area (Å²) in [6.07, 6.45) is 0. The van der Waals surface area contributed by atoms with Gasteiger partial charge in [-0.25, -0.2) is 15.0 Å². The lowest BCUT2D eigenvalue weighted by Crippen LogP contribution is -2.06. The van der Waals surface area contributed by atoms with E-state index >= 15 is 0 Å². The fourth-order valence-corrected chi connectivity index (χ4v) is 12.3. The molecule has 14 rings (SSSR count). The van der Waals surface area contributed by atoms with Gasteiger partial charge in [0.2, 0.25) is 0 Å². The molecule has 0 radical (unpaired) electrons. The van der Waals surface area contributed by atoms with E-state index in [0.717, 1.165) is 50.1 Å². The van der Waals surface area contributed by atoms with Gasteiger partial charge >= 0.3 is 0 Å². The number of para-hydroxylation sites is 4. The van der Waals surface area contributed by atoms with Crippen molar-refractivity contribution in [2.75, 3.05) is 0 Å². The van der Waals surface area contributed by atoms with Gasteiger partial charge < -0.3 is 9.13 Å². The Bertz CT molecular complexity index is 3850. The van der Waals surface area contributed by atoms with Crippen LogP contribution in [0.15, 0.2) is 200 Å². The highest BCUT2D eigenvalue weighted by atomic mass is 32.1. The van der Waals surface area contributed by atoms with Crippen LogP contribution < -0.4 is 0 Å². The average Bonchev–Trinajstić information content (AvgIpc) is 4.12. The van der Waals surface area contributed by atoms with Crippen molar-refractivity contribution in [3.8, 4) is 45.5 Å². The summed E-state index contributed by atoms with van der Waals surface area (Å²) in [6, 6.07) is 71.8. The summed E-state index contributed by atoms with van der Waals surface area (Å²) in [4.78, 5) is 16.6. The number of rotatable bonds is 5. The molecule has 0 atom stereocenters. The van der Waals surface area contributed by atoms with Crippen LogP contribution >= 0.6 is 22.7 Å². The van der Waals surface area contributed by atoms with Crippen LogP contribution in [-0.2, 0) is 0 Å². The number of fused-ring (bicyclic) bond motifs is 12. The topological polar surface area (TPSA) is 48.5 Å². The first-order valence-electron chi connectivity index (χ1n) is 21.4. The van der Waals surface area contributed by atoms with Gasteiger partial charge in [-0.05, 0) is 60.7 Å². The highest BCUT2D eigenvalue weighted by Crippen LogP contribution is 2.47. The van der Waals surface area contributed by atoms with E-state index in [1.807, 2.05) is 28.7 Å². The van der Waals surface area contributed by atoms with Gasteiger partial charge in [-0.1, -0.05) is 140 Å². The predicted octanol–water partition coefficient (Wildman–Crippen LogP) is 15.8. The second-order valence-corrected chi connectivity index (χ2v) is 18.4. The van der Waals surface area contributed by atoms with Crippen molar-refractivity contribution in [2.24, 2.45) is 0 Å². The third-order valence-corrected chi connectivity index (χ3v) is 15.1. The van der Waals surface area contributed by atoms with Gasteiger partial charge in [0.1, 0.15) is 0 Å². The Kier molecular flexibility index (Phi) is 7.66. The van der Waals surface area contributed by atoms with Crippen molar-refractivity contribution in [1.82, 2.24) is 24.1 Å². The van der Waals surface area contributed by atoms with Crippen LogP contribution in [-0.4, -0.2) is 24.1 Å². The molecule has 0 amide bonds. The Morgan fingerprint density at radius 1 is 0.281 bits per heavy atom. The minimum absolute atomic E-state index is 0.612. The van der Waals surface area contributed by atoms with Crippen LogP contribution in [0.4, 0.5) is 0 Å². The smallest absolute Gasteiger partial charge is 0.166 e. The zero-order chi connectivity index (χ0) is 41.9. The number of nitrogens with zero attached hydrogens (tertiary/aromatic N) is 5. The van der Waals surface area contributed by atoms with Gasteiger partial charge in [0.25, 0.3) is 0 Å². The van der Waals surface area contributed by atoms with Crippen molar-refractivity contribution in [3.63, 3.8) is 0 Å². The van der Waals surface area contributed by atoms with Gasteiger partial charge in [-0.3, -0.25) is 0 Å². The van der Waals surface area contributed by atoms with Crippen molar-refractivity contribution in [2.45, 2.75) is 0 Å². The van der Waals surface area contributed by atoms with E-state index in [2.05, 4.69) is 203 Å². The normalized spacial score (nSPS) is 12.1. The second-order valence-electron chi connectivity index (χ2n) is 16.3. The largest absolute Gasteiger partial charge is 0.308 e. The Balaban J connectivity index is 1.14. The van der Waals surface area contributed by atoms with Crippen LogP contribution in [0.1, 0.15) is 0 Å². The molecule has 298 valence electrons. The Hall–Kier alpha value is -7.97. The summed E-state index contributed by atoms with van der Waals surface area (Å²) in [6.45, 7) is 0. The maximum Gasteiger partial charge on any atom is 0.166 e. The third kappa shape index (κ3) is 5.13. The second kappa shape index (κ2) is 13.8. The van der Waals surface area contributed by atoms with Crippen molar-refractivity contribution >= 4 is 107 Å². The van der Waals surface area contributed by atoms with Gasteiger partial charge in [-0.15, -0.1) is 22.7 Å². The van der Waals surface area contributed by atoms with Gasteiger partial charge in [0.15, 0.2) is 17.5 Å². The molecule has 5 aromatic heterocycles. The number of aromatic nitrogens is 5. The van der Waals surface area contributed by atoms with E-state index in [4.69, 9.17) is 15.0 Å². The van der Waals surface area contributed by atoms with Crippen molar-refractivity contribution in [1.29, 1.82) is 0 Å². The molecular weight excluding hydrogens is 819 g/mol. The molecule has 64 heavy (non-hydrogen) atoms. The van der Waals surface area contributed by atoms with E-state index in [-0.39, 0.29) is 0 Å². The molecule has 5 nitrogen and oxygen atoms in total. The Morgan fingerprint density at radius 2 is 0.625 bits per heavy atom. The molecule has 0 aliphatic carbocycles. The van der Waals surface area contributed by atoms with E-state index < -0.39 is 0 Å². The molecular formula is C57H33N5S2. The quantitative estimate of drug-likeness (QED) is 0.173. The van der Waals surface area contributed by atoms with E-state index in [9.17, 15) is 0 Å². The van der Waals surface area contributed by atoms with E-state index in [1.165, 1.54) is 61.9 Å². The summed E-state index contributed by atoms with van der Waals surface area (Å²) in [5.74, 6) is 1.84. The molecule has 5 heterocycles. The summed E-state index contributed by atoms with van der Waals surface area (Å²) in [5, 5.41) is 9.60. The molecule has 0 spiro atoms. The van der Waals surface area contributed by atoms with Crippen LogP contribution in [0.25, 0.3) is 129 Å². The highest BCUT2D eigenvalue weighted by Gasteiger charge is 2.26. The number of hydrogen-bond acceptors (Lipinski definition) is 5. The first kappa shape index (κ1) is 35.6. The maximum atomic E-state index is 5.66. The summed E-state index contributed by atoms with van der Waals surface area (Å²) in [7, 11) is 0. The molecule has 0 bridgehead atoms. The van der Waals surface area contributed by atoms with Crippen LogP contribution in [0.5, 0.6) is 0 Å². The SMILES string of the molecule is c1ccc(-c2nc(-c3ccc4sc5ccccc5c4c3-n3c4ccccc4c4ccccc43)nc(-c3ccc4sc5ccccc5c4c3-n3c4ccccc4c4ccccc43)n2)cc1. The predicted molar refractivity (Wildman–Crippen MR) is 271 cm³/mol. The van der Waals surface area contributed by atoms with Crippen molar-refractivity contribution < 1.29 is 0 Å². The molecule has 9 aromatic carbocycles. The van der Waals surface area contributed by atoms with E-state index in [0.29, 0.717) is 17.5 Å². The number of hydrogen-bond donors (Lipinski definition) is 0. The Labute approximate surface area is 374 Å². The Morgan fingerprint density at radius 3 is 1.05 bits per heavy atom. The number of benzene rings is 9. The summed E-state index contributed by atoms with van der Waals surface area (Å²) < 4.78 is 9.79. The van der Waals surface area contributed by atoms with Crippen LogP contribution in [0, 0.1) is 0 Å². The zero-order valence-corrected chi connectivity index (χ0v) is 35.7. The monoisotopic (exact) mass is 851 g/mol. The molecule has 0 saturated carbocycles. The third-order valence-electron chi connectivity index (χ3n) is 12.8. The van der Waals surface area contributed by atoms with Crippen molar-refractivity contribution in [3.05, 3.63) is 200 Å². The van der Waals surface area contributed by atoms with E-state index in [1.54, 1.807) is 0 Å². The van der Waals surface area contributed by atoms with Crippen LogP contribution in [0.3, 0.4) is 0 Å². The first-order chi connectivity index (χ1) is 31.8. The maximum absolute atomic E-state index is 5.66. The standard InChI is InChI=1S/C57H33N5S2/c1-2-16-34(17-3-1)55-58-56(41-30-32-49-51(39-22-8-14-28-47(39)63-49)53(41)61-43-24-10-4-18-35(43)36-19-5-11-25-44(36)61)60-57(59-55)42-31-33-50-52(40-23-9-15-29-48(40)64-50)54(42)62-45-26-12-6-20-37(45)38-21-7-13-27-46(38)62/h1-33H. The zero-order valence-electron chi connectivity index (χ0n) is 34.1. The highest BCUT2D eigenvalue weighted by molar-refractivity contribution is 7.26. The molecule has 14 aromatic rings. The first-order valence-corrected chi connectivity index (χ1v) is 23.1. The fourth-order valence-electron chi connectivity index (χ4n) is 10.1. The minimum atomic E-state index is 0.612. The molecule has 0 aliphatic heterocycles. The lowest BCUT2D eigenvalue weighted by Gasteiger charge is -2.18.